The zero-order valence-corrected chi connectivity index (χ0v) is 8.01. The van der Waals surface area contributed by atoms with Gasteiger partial charge in [-0.25, -0.2) is 4.98 Å². The number of pyridine rings is 1. The molecule has 0 bridgehead atoms. The van der Waals surface area contributed by atoms with Gasteiger partial charge in [-0.3, -0.25) is 4.98 Å². The quantitative estimate of drug-likeness (QED) is 0.751. The van der Waals surface area contributed by atoms with Crippen LogP contribution in [-0.4, -0.2) is 9.97 Å². The van der Waals surface area contributed by atoms with Gasteiger partial charge in [0.15, 0.2) is 5.13 Å². The van der Waals surface area contributed by atoms with Crippen molar-refractivity contribution in [1.29, 1.82) is 0 Å². The predicted octanol–water partition coefficient (Wildman–Crippen LogP) is 2.10. The number of anilines is 1. The molecular weight excluding hydrogens is 182 g/mol. The van der Waals surface area contributed by atoms with Gasteiger partial charge in [-0.15, -0.1) is 11.3 Å². The van der Waals surface area contributed by atoms with Crippen molar-refractivity contribution in [3.05, 3.63) is 29.4 Å². The molecule has 0 aromatic carbocycles. The van der Waals surface area contributed by atoms with Crippen LogP contribution in [0.4, 0.5) is 5.13 Å². The molecule has 0 aliphatic rings. The molecule has 0 atom stereocenters. The second kappa shape index (κ2) is 3.14. The zero-order chi connectivity index (χ0) is 9.26. The SMILES string of the molecule is Cc1cncc(-c2csc(N)n2)c1. The molecule has 2 N–H and O–H groups in total. The summed E-state index contributed by atoms with van der Waals surface area (Å²) in [7, 11) is 0. The number of nitrogen functional groups attached to an aromatic ring is 1. The van der Waals surface area contributed by atoms with Gasteiger partial charge in [0.2, 0.25) is 0 Å². The van der Waals surface area contributed by atoms with Gasteiger partial charge >= 0.3 is 0 Å². The summed E-state index contributed by atoms with van der Waals surface area (Å²) in [5, 5.41) is 2.53. The van der Waals surface area contributed by atoms with E-state index >= 15 is 0 Å². The van der Waals surface area contributed by atoms with Crippen LogP contribution in [0.3, 0.4) is 0 Å². The fourth-order valence-corrected chi connectivity index (χ4v) is 1.69. The normalized spacial score (nSPS) is 10.2. The van der Waals surface area contributed by atoms with Crippen LogP contribution in [0.15, 0.2) is 23.8 Å². The molecule has 2 aromatic heterocycles. The van der Waals surface area contributed by atoms with Gasteiger partial charge in [0, 0.05) is 23.3 Å². The summed E-state index contributed by atoms with van der Waals surface area (Å²) in [6, 6.07) is 2.04. The lowest BCUT2D eigenvalue weighted by Gasteiger charge is -1.96. The highest BCUT2D eigenvalue weighted by molar-refractivity contribution is 7.13. The summed E-state index contributed by atoms with van der Waals surface area (Å²) in [6.45, 7) is 2.01. The third-order valence-corrected chi connectivity index (χ3v) is 2.37. The highest BCUT2D eigenvalue weighted by Gasteiger charge is 2.01. The number of nitrogens with two attached hydrogens (primary N) is 1. The van der Waals surface area contributed by atoms with Crippen molar-refractivity contribution in [2.45, 2.75) is 6.92 Å². The fraction of sp³-hybridized carbons (Fsp3) is 0.111. The van der Waals surface area contributed by atoms with Crippen molar-refractivity contribution in [2.75, 3.05) is 5.73 Å². The monoisotopic (exact) mass is 191 g/mol. The Labute approximate surface area is 80.3 Å². The van der Waals surface area contributed by atoms with Crippen molar-refractivity contribution in [3.8, 4) is 11.3 Å². The molecular formula is C9H9N3S. The minimum atomic E-state index is 0.594. The number of aryl methyl sites for hydroxylation is 1. The van der Waals surface area contributed by atoms with Crippen LogP contribution in [0.25, 0.3) is 11.3 Å². The van der Waals surface area contributed by atoms with Crippen molar-refractivity contribution >= 4 is 16.5 Å². The second-order valence-corrected chi connectivity index (χ2v) is 3.71. The smallest absolute Gasteiger partial charge is 0.180 e. The molecule has 0 saturated carbocycles. The van der Waals surface area contributed by atoms with Gasteiger partial charge < -0.3 is 5.73 Å². The molecule has 4 heteroatoms. The van der Waals surface area contributed by atoms with E-state index in [0.717, 1.165) is 16.8 Å². The molecule has 0 fully saturated rings. The molecule has 0 aliphatic heterocycles. The first kappa shape index (κ1) is 8.19. The van der Waals surface area contributed by atoms with E-state index in [9.17, 15) is 0 Å². The van der Waals surface area contributed by atoms with Crippen molar-refractivity contribution in [3.63, 3.8) is 0 Å². The molecule has 0 unspecified atom stereocenters. The summed E-state index contributed by atoms with van der Waals surface area (Å²) in [6.07, 6.45) is 3.61. The lowest BCUT2D eigenvalue weighted by molar-refractivity contribution is 1.26. The van der Waals surface area contributed by atoms with E-state index in [2.05, 4.69) is 9.97 Å². The Balaban J connectivity index is 2.46. The van der Waals surface area contributed by atoms with Gasteiger partial charge in [-0.2, -0.15) is 0 Å². The number of thiazole rings is 1. The van der Waals surface area contributed by atoms with E-state index in [0.29, 0.717) is 5.13 Å². The summed E-state index contributed by atoms with van der Waals surface area (Å²) in [5.41, 5.74) is 8.59. The standard InChI is InChI=1S/C9H9N3S/c1-6-2-7(4-11-3-6)8-5-13-9(10)12-8/h2-5H,1H3,(H2,10,12). The number of hydrogen-bond donors (Lipinski definition) is 1. The van der Waals surface area contributed by atoms with E-state index < -0.39 is 0 Å². The van der Waals surface area contributed by atoms with Crippen LogP contribution >= 0.6 is 11.3 Å². The van der Waals surface area contributed by atoms with E-state index in [-0.39, 0.29) is 0 Å². The average Bonchev–Trinajstić information content (AvgIpc) is 2.52. The first-order valence-electron chi connectivity index (χ1n) is 3.89. The molecule has 2 heterocycles. The van der Waals surface area contributed by atoms with Crippen LogP contribution in [-0.2, 0) is 0 Å². The van der Waals surface area contributed by atoms with Gasteiger partial charge in [-0.05, 0) is 18.6 Å². The molecule has 0 aliphatic carbocycles. The number of rotatable bonds is 1. The third kappa shape index (κ3) is 1.67. The Bertz CT molecular complexity index is 422. The number of aromatic nitrogens is 2. The molecule has 0 radical (unpaired) electrons. The molecule has 2 rings (SSSR count). The second-order valence-electron chi connectivity index (χ2n) is 2.82. The van der Waals surface area contributed by atoms with Crippen LogP contribution in [0, 0.1) is 6.92 Å². The van der Waals surface area contributed by atoms with Crippen molar-refractivity contribution in [1.82, 2.24) is 9.97 Å². The maximum absolute atomic E-state index is 5.54. The topological polar surface area (TPSA) is 51.8 Å². The lowest BCUT2D eigenvalue weighted by atomic mass is 10.2. The Morgan fingerprint density at radius 2 is 2.23 bits per heavy atom. The van der Waals surface area contributed by atoms with E-state index in [1.165, 1.54) is 11.3 Å². The first-order chi connectivity index (χ1) is 6.25. The molecule has 13 heavy (non-hydrogen) atoms. The molecule has 0 spiro atoms. The Kier molecular flexibility index (Phi) is 1.98. The molecule has 0 amide bonds. The molecule has 66 valence electrons. The number of hydrogen-bond acceptors (Lipinski definition) is 4. The minimum Gasteiger partial charge on any atom is -0.375 e. The maximum Gasteiger partial charge on any atom is 0.180 e. The van der Waals surface area contributed by atoms with Crippen molar-refractivity contribution in [2.24, 2.45) is 0 Å². The molecule has 2 aromatic rings. The van der Waals surface area contributed by atoms with Crippen LogP contribution in [0.2, 0.25) is 0 Å². The van der Waals surface area contributed by atoms with Crippen LogP contribution in [0.1, 0.15) is 5.56 Å². The lowest BCUT2D eigenvalue weighted by Crippen LogP contribution is -1.84. The van der Waals surface area contributed by atoms with E-state index in [1.54, 1.807) is 6.20 Å². The average molecular weight is 191 g/mol. The highest BCUT2D eigenvalue weighted by Crippen LogP contribution is 2.22. The Morgan fingerprint density at radius 1 is 1.38 bits per heavy atom. The summed E-state index contributed by atoms with van der Waals surface area (Å²) < 4.78 is 0. The third-order valence-electron chi connectivity index (χ3n) is 1.69. The Hall–Kier alpha value is -1.42. The van der Waals surface area contributed by atoms with Gasteiger partial charge in [0.25, 0.3) is 0 Å². The van der Waals surface area contributed by atoms with E-state index in [4.69, 9.17) is 5.73 Å². The van der Waals surface area contributed by atoms with Crippen LogP contribution < -0.4 is 5.73 Å². The Morgan fingerprint density at radius 3 is 2.85 bits per heavy atom. The molecule has 0 saturated heterocycles. The number of nitrogens with zero attached hydrogens (tertiary/aromatic N) is 2. The maximum atomic E-state index is 5.54. The van der Waals surface area contributed by atoms with Gasteiger partial charge in [0.1, 0.15) is 0 Å². The van der Waals surface area contributed by atoms with Crippen molar-refractivity contribution < 1.29 is 0 Å². The minimum absolute atomic E-state index is 0.594. The summed E-state index contributed by atoms with van der Waals surface area (Å²) in [5.74, 6) is 0. The van der Waals surface area contributed by atoms with Gasteiger partial charge in [-0.1, -0.05) is 0 Å². The first-order valence-corrected chi connectivity index (χ1v) is 4.77. The largest absolute Gasteiger partial charge is 0.375 e. The van der Waals surface area contributed by atoms with Gasteiger partial charge in [0.05, 0.1) is 5.69 Å². The summed E-state index contributed by atoms with van der Waals surface area (Å²) in [4.78, 5) is 8.27. The van der Waals surface area contributed by atoms with Crippen LogP contribution in [0.5, 0.6) is 0 Å². The predicted molar refractivity (Wildman–Crippen MR) is 54.5 cm³/mol. The molecule has 3 nitrogen and oxygen atoms in total. The zero-order valence-electron chi connectivity index (χ0n) is 7.19. The van der Waals surface area contributed by atoms with E-state index in [1.807, 2.05) is 24.6 Å². The highest BCUT2D eigenvalue weighted by atomic mass is 32.1. The summed E-state index contributed by atoms with van der Waals surface area (Å²) >= 11 is 1.44. The fourth-order valence-electron chi connectivity index (χ4n) is 1.12.